The number of likely N-dealkylation sites (tertiary alicyclic amines) is 1. The Hall–Kier alpha value is -1.91. The Morgan fingerprint density at radius 2 is 2.05 bits per heavy atom. The molecule has 5 nitrogen and oxygen atoms in total. The Morgan fingerprint density at radius 1 is 1.38 bits per heavy atom. The van der Waals surface area contributed by atoms with E-state index in [0.29, 0.717) is 43.6 Å². The molecular formula is C16H22N2O3. The molecule has 0 aliphatic carbocycles. The number of aliphatic carboxylic acids is 1. The third-order valence-electron chi connectivity index (χ3n) is 4.43. The normalized spacial score (nSPS) is 17.5. The van der Waals surface area contributed by atoms with Gasteiger partial charge in [0.1, 0.15) is 0 Å². The Bertz CT molecular complexity index is 534. The number of piperidine rings is 1. The van der Waals surface area contributed by atoms with E-state index in [-0.39, 0.29) is 5.91 Å². The number of carboxylic acids is 1. The van der Waals surface area contributed by atoms with Gasteiger partial charge in [0.25, 0.3) is 5.91 Å². The lowest BCUT2D eigenvalue weighted by Gasteiger charge is -2.39. The number of aryl methyl sites for hydroxylation is 1. The van der Waals surface area contributed by atoms with Gasteiger partial charge in [0.2, 0.25) is 0 Å². The van der Waals surface area contributed by atoms with Crippen molar-refractivity contribution in [3.63, 3.8) is 0 Å². The molecule has 1 aromatic rings. The fourth-order valence-corrected chi connectivity index (χ4v) is 3.07. The van der Waals surface area contributed by atoms with E-state index in [1.54, 1.807) is 23.2 Å². The fraction of sp³-hybridized carbons (Fsp3) is 0.562. The Kier molecular flexibility index (Phi) is 4.60. The topological polar surface area (TPSA) is 70.5 Å². The Labute approximate surface area is 125 Å². The van der Waals surface area contributed by atoms with E-state index in [1.165, 1.54) is 0 Å². The number of pyridine rings is 1. The summed E-state index contributed by atoms with van der Waals surface area (Å²) >= 11 is 0. The van der Waals surface area contributed by atoms with Crippen LogP contribution in [0.15, 0.2) is 18.3 Å². The summed E-state index contributed by atoms with van der Waals surface area (Å²) in [5, 5.41) is 9.49. The monoisotopic (exact) mass is 290 g/mol. The molecule has 0 aromatic carbocycles. The van der Waals surface area contributed by atoms with Crippen molar-refractivity contribution in [3.05, 3.63) is 29.6 Å². The first-order valence-electron chi connectivity index (χ1n) is 7.44. The van der Waals surface area contributed by atoms with Crippen molar-refractivity contribution < 1.29 is 14.7 Å². The number of hydrogen-bond donors (Lipinski definition) is 1. The summed E-state index contributed by atoms with van der Waals surface area (Å²) in [4.78, 5) is 29.9. The molecule has 0 atom stereocenters. The van der Waals surface area contributed by atoms with Crippen LogP contribution < -0.4 is 0 Å². The van der Waals surface area contributed by atoms with Crippen molar-refractivity contribution in [2.24, 2.45) is 5.41 Å². The summed E-state index contributed by atoms with van der Waals surface area (Å²) in [5.74, 6) is -0.773. The zero-order valence-electron chi connectivity index (χ0n) is 12.6. The van der Waals surface area contributed by atoms with Crippen LogP contribution in [0.25, 0.3) is 0 Å². The maximum atomic E-state index is 12.5. The van der Waals surface area contributed by atoms with E-state index in [1.807, 2.05) is 13.8 Å². The van der Waals surface area contributed by atoms with Crippen LogP contribution in [0.5, 0.6) is 0 Å². The summed E-state index contributed by atoms with van der Waals surface area (Å²) in [5.41, 5.74) is 0.664. The van der Waals surface area contributed by atoms with Gasteiger partial charge in [-0.25, -0.2) is 0 Å². The third kappa shape index (κ3) is 3.06. The van der Waals surface area contributed by atoms with Gasteiger partial charge in [-0.05, 0) is 38.3 Å². The second-order valence-electron chi connectivity index (χ2n) is 5.76. The molecule has 0 bridgehead atoms. The predicted octanol–water partition coefficient (Wildman–Crippen LogP) is 2.50. The van der Waals surface area contributed by atoms with Gasteiger partial charge in [-0.3, -0.25) is 14.6 Å². The quantitative estimate of drug-likeness (QED) is 0.925. The van der Waals surface area contributed by atoms with Gasteiger partial charge in [0.15, 0.2) is 0 Å². The van der Waals surface area contributed by atoms with E-state index in [0.717, 1.165) is 6.42 Å². The van der Waals surface area contributed by atoms with Crippen molar-refractivity contribution in [1.82, 2.24) is 9.88 Å². The summed E-state index contributed by atoms with van der Waals surface area (Å²) in [6.45, 7) is 4.82. The van der Waals surface area contributed by atoms with E-state index < -0.39 is 11.4 Å². The van der Waals surface area contributed by atoms with E-state index in [9.17, 15) is 14.7 Å². The molecular weight excluding hydrogens is 268 g/mol. The number of amides is 1. The van der Waals surface area contributed by atoms with Gasteiger partial charge < -0.3 is 10.0 Å². The summed E-state index contributed by atoms with van der Waals surface area (Å²) < 4.78 is 0. The van der Waals surface area contributed by atoms with Crippen LogP contribution in [0.3, 0.4) is 0 Å². The first-order valence-corrected chi connectivity index (χ1v) is 7.44. The van der Waals surface area contributed by atoms with Crippen LogP contribution in [-0.2, 0) is 4.79 Å². The first-order chi connectivity index (χ1) is 10.00. The standard InChI is InChI=1S/C16H22N2O3/c1-3-6-16(15(20)21)7-10-18(11-8-16)14(19)13-5-4-9-17-12(13)2/h4-5,9H,3,6-8,10-11H2,1-2H3,(H,20,21). The van der Waals surface area contributed by atoms with Crippen molar-refractivity contribution in [2.75, 3.05) is 13.1 Å². The van der Waals surface area contributed by atoms with Crippen molar-refractivity contribution in [3.8, 4) is 0 Å². The smallest absolute Gasteiger partial charge is 0.309 e. The van der Waals surface area contributed by atoms with Gasteiger partial charge >= 0.3 is 5.97 Å². The number of hydrogen-bond acceptors (Lipinski definition) is 3. The molecule has 1 amide bonds. The van der Waals surface area contributed by atoms with Gasteiger partial charge in [-0.1, -0.05) is 13.3 Å². The molecule has 2 rings (SSSR count). The summed E-state index contributed by atoms with van der Waals surface area (Å²) in [6.07, 6.45) is 4.25. The highest BCUT2D eigenvalue weighted by Gasteiger charge is 2.41. The molecule has 21 heavy (non-hydrogen) atoms. The van der Waals surface area contributed by atoms with Gasteiger partial charge in [-0.15, -0.1) is 0 Å². The molecule has 0 radical (unpaired) electrons. The number of rotatable bonds is 4. The maximum Gasteiger partial charge on any atom is 0.309 e. The number of carbonyl (C=O) groups excluding carboxylic acids is 1. The van der Waals surface area contributed by atoms with Crippen LogP contribution >= 0.6 is 0 Å². The average Bonchev–Trinajstić information content (AvgIpc) is 2.48. The Balaban J connectivity index is 2.09. The highest BCUT2D eigenvalue weighted by molar-refractivity contribution is 5.95. The molecule has 2 heterocycles. The van der Waals surface area contributed by atoms with Crippen molar-refractivity contribution in [2.45, 2.75) is 39.5 Å². The van der Waals surface area contributed by atoms with Crippen LogP contribution in [0.4, 0.5) is 0 Å². The van der Waals surface area contributed by atoms with Gasteiger partial charge in [0.05, 0.1) is 11.0 Å². The highest BCUT2D eigenvalue weighted by atomic mass is 16.4. The SMILES string of the molecule is CCCC1(C(=O)O)CCN(C(=O)c2cccnc2C)CC1. The molecule has 0 spiro atoms. The highest BCUT2D eigenvalue weighted by Crippen LogP contribution is 2.36. The van der Waals surface area contributed by atoms with Crippen LogP contribution in [0, 0.1) is 12.3 Å². The minimum Gasteiger partial charge on any atom is -0.481 e. The number of nitrogens with zero attached hydrogens (tertiary/aromatic N) is 2. The molecule has 1 aliphatic rings. The van der Waals surface area contributed by atoms with Crippen molar-refractivity contribution in [1.29, 1.82) is 0 Å². The second-order valence-corrected chi connectivity index (χ2v) is 5.76. The van der Waals surface area contributed by atoms with Gasteiger partial charge in [-0.2, -0.15) is 0 Å². The van der Waals surface area contributed by atoms with Gasteiger partial charge in [0, 0.05) is 25.0 Å². The molecule has 0 unspecified atom stereocenters. The fourth-order valence-electron chi connectivity index (χ4n) is 3.07. The molecule has 1 saturated heterocycles. The number of aromatic nitrogens is 1. The van der Waals surface area contributed by atoms with Crippen LogP contribution in [-0.4, -0.2) is 40.0 Å². The summed E-state index contributed by atoms with van der Waals surface area (Å²) in [7, 11) is 0. The van der Waals surface area contributed by atoms with Crippen molar-refractivity contribution >= 4 is 11.9 Å². The molecule has 5 heteroatoms. The lowest BCUT2D eigenvalue weighted by atomic mass is 9.75. The number of carboxylic acid groups (broad SMARTS) is 1. The lowest BCUT2D eigenvalue weighted by Crippen LogP contribution is -2.46. The van der Waals surface area contributed by atoms with E-state index in [4.69, 9.17) is 0 Å². The van der Waals surface area contributed by atoms with Crippen LogP contribution in [0.1, 0.15) is 48.7 Å². The zero-order valence-corrected chi connectivity index (χ0v) is 12.6. The largest absolute Gasteiger partial charge is 0.481 e. The maximum absolute atomic E-state index is 12.5. The molecule has 114 valence electrons. The molecule has 1 aliphatic heterocycles. The zero-order chi connectivity index (χ0) is 15.5. The van der Waals surface area contributed by atoms with E-state index in [2.05, 4.69) is 4.98 Å². The second kappa shape index (κ2) is 6.24. The molecule has 1 N–H and O–H groups in total. The third-order valence-corrected chi connectivity index (χ3v) is 4.43. The summed E-state index contributed by atoms with van der Waals surface area (Å²) in [6, 6.07) is 3.53. The molecule has 1 aromatic heterocycles. The lowest BCUT2D eigenvalue weighted by molar-refractivity contribution is -0.152. The average molecular weight is 290 g/mol. The molecule has 1 fully saturated rings. The predicted molar refractivity (Wildman–Crippen MR) is 79.1 cm³/mol. The minimum absolute atomic E-state index is 0.0453. The number of carbonyl (C=O) groups is 2. The molecule has 0 saturated carbocycles. The Morgan fingerprint density at radius 3 is 2.57 bits per heavy atom. The minimum atomic E-state index is -0.728. The van der Waals surface area contributed by atoms with Crippen LogP contribution in [0.2, 0.25) is 0 Å². The first kappa shape index (κ1) is 15.5. The van der Waals surface area contributed by atoms with E-state index >= 15 is 0 Å².